The van der Waals surface area contributed by atoms with Gasteiger partial charge in [-0.1, -0.05) is 42.0 Å². The predicted molar refractivity (Wildman–Crippen MR) is 83.9 cm³/mol. The van der Waals surface area contributed by atoms with Gasteiger partial charge in [-0.05, 0) is 36.6 Å². The Bertz CT molecular complexity index is 625. The van der Waals surface area contributed by atoms with E-state index in [4.69, 9.17) is 0 Å². The highest BCUT2D eigenvalue weighted by atomic mass is 19.1. The number of amides is 1. The minimum absolute atomic E-state index is 0.0721. The number of nitrogens with one attached hydrogen (secondary N) is 1. The summed E-state index contributed by atoms with van der Waals surface area (Å²) in [5.74, 6) is -0.666. The van der Waals surface area contributed by atoms with Crippen LogP contribution in [0, 0.1) is 12.7 Å². The predicted octanol–water partition coefficient (Wildman–Crippen LogP) is 2.92. The molecule has 3 nitrogen and oxygen atoms in total. The van der Waals surface area contributed by atoms with Gasteiger partial charge >= 0.3 is 0 Å². The van der Waals surface area contributed by atoms with Crippen LogP contribution < -0.4 is 5.32 Å². The quantitative estimate of drug-likeness (QED) is 0.862. The summed E-state index contributed by atoms with van der Waals surface area (Å²) in [7, 11) is 0. The van der Waals surface area contributed by atoms with Crippen molar-refractivity contribution >= 4 is 5.91 Å². The third kappa shape index (κ3) is 4.97. The number of aliphatic hydroxyl groups excluding tert-OH is 1. The first-order valence-electron chi connectivity index (χ1n) is 7.30. The van der Waals surface area contributed by atoms with E-state index in [1.165, 1.54) is 23.8 Å². The average Bonchev–Trinajstić information content (AvgIpc) is 2.49. The summed E-state index contributed by atoms with van der Waals surface area (Å²) in [6, 6.07) is 13.8. The summed E-state index contributed by atoms with van der Waals surface area (Å²) >= 11 is 0. The molecule has 1 unspecified atom stereocenters. The van der Waals surface area contributed by atoms with Crippen LogP contribution in [0.1, 0.15) is 29.2 Å². The van der Waals surface area contributed by atoms with Crippen molar-refractivity contribution in [2.24, 2.45) is 0 Å². The number of rotatable bonds is 6. The highest BCUT2D eigenvalue weighted by molar-refractivity contribution is 5.76. The third-order valence-corrected chi connectivity index (χ3v) is 3.47. The topological polar surface area (TPSA) is 49.3 Å². The monoisotopic (exact) mass is 301 g/mol. The van der Waals surface area contributed by atoms with Gasteiger partial charge in [-0.15, -0.1) is 0 Å². The number of carbonyl (C=O) groups is 1. The van der Waals surface area contributed by atoms with E-state index in [0.29, 0.717) is 12.1 Å². The van der Waals surface area contributed by atoms with Gasteiger partial charge in [0.05, 0.1) is 12.5 Å². The first kappa shape index (κ1) is 16.2. The minimum atomic E-state index is -0.991. The maximum atomic E-state index is 13.1. The lowest BCUT2D eigenvalue weighted by atomic mass is 10.1. The molecular weight excluding hydrogens is 281 g/mol. The molecule has 0 radical (unpaired) electrons. The first-order chi connectivity index (χ1) is 10.5. The summed E-state index contributed by atoms with van der Waals surface area (Å²) in [5.41, 5.74) is 2.76. The molecule has 116 valence electrons. The molecule has 0 heterocycles. The second-order valence-corrected chi connectivity index (χ2v) is 5.36. The number of carbonyl (C=O) groups excluding carboxylic acids is 1. The summed E-state index contributed by atoms with van der Waals surface area (Å²) in [6.07, 6.45) is -0.325. The molecule has 0 saturated carbocycles. The van der Waals surface area contributed by atoms with E-state index in [0.717, 1.165) is 12.0 Å². The Morgan fingerprint density at radius 1 is 1.23 bits per heavy atom. The van der Waals surface area contributed by atoms with Crippen LogP contribution in [0.15, 0.2) is 48.5 Å². The van der Waals surface area contributed by atoms with E-state index >= 15 is 0 Å². The Hall–Kier alpha value is -2.20. The van der Waals surface area contributed by atoms with E-state index < -0.39 is 11.9 Å². The normalized spacial score (nSPS) is 12.0. The number of hydrogen-bond donors (Lipinski definition) is 2. The highest BCUT2D eigenvalue weighted by Gasteiger charge is 2.13. The van der Waals surface area contributed by atoms with Crippen molar-refractivity contribution in [2.45, 2.75) is 25.9 Å². The van der Waals surface area contributed by atoms with Crippen molar-refractivity contribution in [1.29, 1.82) is 0 Å². The standard InChI is InChI=1S/C18H20FNO2/c1-13-5-7-14(8-6-13)9-10-20-18(22)12-17(21)15-3-2-4-16(19)11-15/h2-8,11,17,21H,9-10,12H2,1H3,(H,20,22). The van der Waals surface area contributed by atoms with Crippen LogP contribution in [0.2, 0.25) is 0 Å². The Labute approximate surface area is 129 Å². The molecule has 0 saturated heterocycles. The van der Waals surface area contributed by atoms with Gasteiger partial charge in [0.1, 0.15) is 5.82 Å². The van der Waals surface area contributed by atoms with Crippen molar-refractivity contribution in [2.75, 3.05) is 6.54 Å². The molecular formula is C18H20FNO2. The second-order valence-electron chi connectivity index (χ2n) is 5.36. The number of hydrogen-bond acceptors (Lipinski definition) is 2. The number of aliphatic hydroxyl groups is 1. The average molecular weight is 301 g/mol. The van der Waals surface area contributed by atoms with Crippen LogP contribution in [0.3, 0.4) is 0 Å². The number of aryl methyl sites for hydroxylation is 1. The van der Waals surface area contributed by atoms with E-state index in [1.54, 1.807) is 6.07 Å². The maximum Gasteiger partial charge on any atom is 0.222 e. The lowest BCUT2D eigenvalue weighted by Gasteiger charge is -2.11. The van der Waals surface area contributed by atoms with Crippen LogP contribution >= 0.6 is 0 Å². The van der Waals surface area contributed by atoms with Crippen LogP contribution in [0.5, 0.6) is 0 Å². The molecule has 22 heavy (non-hydrogen) atoms. The highest BCUT2D eigenvalue weighted by Crippen LogP contribution is 2.17. The Kier molecular flexibility index (Phi) is 5.67. The zero-order chi connectivity index (χ0) is 15.9. The third-order valence-electron chi connectivity index (χ3n) is 3.47. The first-order valence-corrected chi connectivity index (χ1v) is 7.30. The molecule has 2 rings (SSSR count). The van der Waals surface area contributed by atoms with E-state index in [-0.39, 0.29) is 12.3 Å². The van der Waals surface area contributed by atoms with Crippen molar-refractivity contribution in [3.8, 4) is 0 Å². The fourth-order valence-electron chi connectivity index (χ4n) is 2.18. The van der Waals surface area contributed by atoms with Gasteiger partial charge in [-0.2, -0.15) is 0 Å². The van der Waals surface area contributed by atoms with Gasteiger partial charge < -0.3 is 10.4 Å². The van der Waals surface area contributed by atoms with Gasteiger partial charge in [0.2, 0.25) is 5.91 Å². The molecule has 1 amide bonds. The summed E-state index contributed by atoms with van der Waals surface area (Å²) in [4.78, 5) is 11.8. The van der Waals surface area contributed by atoms with E-state index in [9.17, 15) is 14.3 Å². The lowest BCUT2D eigenvalue weighted by Crippen LogP contribution is -2.27. The summed E-state index contributed by atoms with van der Waals surface area (Å²) in [6.45, 7) is 2.54. The van der Waals surface area contributed by atoms with Crippen LogP contribution in [0.25, 0.3) is 0 Å². The molecule has 0 aliphatic heterocycles. The molecule has 0 fully saturated rings. The molecule has 0 aromatic heterocycles. The summed E-state index contributed by atoms with van der Waals surface area (Å²) < 4.78 is 13.1. The fourth-order valence-corrected chi connectivity index (χ4v) is 2.18. The van der Waals surface area contributed by atoms with Gasteiger partial charge in [0.25, 0.3) is 0 Å². The van der Waals surface area contributed by atoms with Gasteiger partial charge in [-0.25, -0.2) is 4.39 Å². The molecule has 2 aromatic rings. The molecule has 0 spiro atoms. The lowest BCUT2D eigenvalue weighted by molar-refractivity contribution is -0.123. The smallest absolute Gasteiger partial charge is 0.222 e. The van der Waals surface area contributed by atoms with Crippen molar-refractivity contribution < 1.29 is 14.3 Å². The number of halogens is 1. The Morgan fingerprint density at radius 2 is 1.95 bits per heavy atom. The molecule has 1 atom stereocenters. The Balaban J connectivity index is 1.76. The van der Waals surface area contributed by atoms with Crippen molar-refractivity contribution in [3.63, 3.8) is 0 Å². The zero-order valence-corrected chi connectivity index (χ0v) is 12.6. The van der Waals surface area contributed by atoms with E-state index in [2.05, 4.69) is 5.32 Å². The molecule has 2 N–H and O–H groups in total. The van der Waals surface area contributed by atoms with Gasteiger partial charge in [-0.3, -0.25) is 4.79 Å². The molecule has 0 aliphatic rings. The van der Waals surface area contributed by atoms with E-state index in [1.807, 2.05) is 31.2 Å². The zero-order valence-electron chi connectivity index (χ0n) is 12.6. The molecule has 4 heteroatoms. The summed E-state index contributed by atoms with van der Waals surface area (Å²) in [5, 5.41) is 12.7. The number of benzene rings is 2. The van der Waals surface area contributed by atoms with Gasteiger partial charge in [0, 0.05) is 6.54 Å². The van der Waals surface area contributed by atoms with Crippen molar-refractivity contribution in [1.82, 2.24) is 5.32 Å². The largest absolute Gasteiger partial charge is 0.388 e. The van der Waals surface area contributed by atoms with Crippen LogP contribution in [-0.2, 0) is 11.2 Å². The second kappa shape index (κ2) is 7.71. The maximum absolute atomic E-state index is 13.1. The van der Waals surface area contributed by atoms with Crippen molar-refractivity contribution in [3.05, 3.63) is 71.0 Å². The Morgan fingerprint density at radius 3 is 2.64 bits per heavy atom. The molecule has 0 bridgehead atoms. The minimum Gasteiger partial charge on any atom is -0.388 e. The fraction of sp³-hybridized carbons (Fsp3) is 0.278. The molecule has 2 aromatic carbocycles. The van der Waals surface area contributed by atoms with Crippen LogP contribution in [0.4, 0.5) is 4.39 Å². The van der Waals surface area contributed by atoms with Crippen LogP contribution in [-0.4, -0.2) is 17.6 Å². The van der Waals surface area contributed by atoms with Gasteiger partial charge in [0.15, 0.2) is 0 Å². The molecule has 0 aliphatic carbocycles. The SMILES string of the molecule is Cc1ccc(CCNC(=O)CC(O)c2cccc(F)c2)cc1.